The summed E-state index contributed by atoms with van der Waals surface area (Å²) >= 11 is 0. The Balaban J connectivity index is 1.10. The van der Waals surface area contributed by atoms with E-state index in [-0.39, 0.29) is 38.0 Å². The van der Waals surface area contributed by atoms with Crippen LogP contribution in [0.4, 0.5) is 4.79 Å². The molecule has 4 N–H and O–H groups in total. The maximum atomic E-state index is 12.8. The van der Waals surface area contributed by atoms with Gasteiger partial charge >= 0.3 is 12.0 Å². The van der Waals surface area contributed by atoms with Gasteiger partial charge in [0, 0.05) is 37.5 Å². The van der Waals surface area contributed by atoms with Crippen LogP contribution in [0.15, 0.2) is 103 Å². The lowest BCUT2D eigenvalue weighted by molar-refractivity contribution is -0.253. The molecule has 0 unspecified atom stereocenters. The number of hydrogen-bond donors (Lipinski definition) is 4. The van der Waals surface area contributed by atoms with Gasteiger partial charge in [0.15, 0.2) is 6.29 Å². The van der Waals surface area contributed by atoms with Crippen molar-refractivity contribution in [2.24, 2.45) is 0 Å². The fourth-order valence-corrected chi connectivity index (χ4v) is 6.91. The highest BCUT2D eigenvalue weighted by Crippen LogP contribution is 2.39. The van der Waals surface area contributed by atoms with Crippen LogP contribution in [-0.2, 0) is 38.6 Å². The molecule has 2 amide bonds. The van der Waals surface area contributed by atoms with Crippen LogP contribution < -0.4 is 10.6 Å². The number of aliphatic hydroxyl groups is 2. The van der Waals surface area contributed by atoms with E-state index in [0.29, 0.717) is 12.8 Å². The van der Waals surface area contributed by atoms with Crippen LogP contribution in [-0.4, -0.2) is 72.1 Å². The molecule has 2 aliphatic heterocycles. The number of nitrogens with one attached hydrogen (secondary N) is 2. The minimum Gasteiger partial charge on any atom is -0.467 e. The molecule has 5 atom stereocenters. The van der Waals surface area contributed by atoms with Crippen molar-refractivity contribution in [3.63, 3.8) is 0 Å². The first kappa shape index (κ1) is 36.2. The van der Waals surface area contributed by atoms with Gasteiger partial charge in [-0.1, -0.05) is 97.1 Å². The predicted molar refractivity (Wildman–Crippen MR) is 193 cm³/mol. The molecule has 0 saturated carbocycles. The van der Waals surface area contributed by atoms with Crippen LogP contribution in [0.2, 0.25) is 0 Å². The van der Waals surface area contributed by atoms with Crippen molar-refractivity contribution in [2.75, 3.05) is 26.8 Å². The summed E-state index contributed by atoms with van der Waals surface area (Å²) in [5, 5.41) is 25.0. The van der Waals surface area contributed by atoms with Crippen molar-refractivity contribution >= 4 is 12.0 Å². The van der Waals surface area contributed by atoms with E-state index < -0.39 is 24.3 Å². The van der Waals surface area contributed by atoms with Crippen molar-refractivity contribution in [2.45, 2.75) is 69.4 Å². The molecule has 4 aromatic rings. The Morgan fingerprint density at radius 1 is 0.863 bits per heavy atom. The molecule has 0 spiro atoms. The second-order valence-electron chi connectivity index (χ2n) is 13.2. The number of likely N-dealkylation sites (tertiary alicyclic amines) is 1. The highest BCUT2D eigenvalue weighted by atomic mass is 16.7. The molecule has 51 heavy (non-hydrogen) atoms. The van der Waals surface area contributed by atoms with E-state index in [1.54, 1.807) is 0 Å². The summed E-state index contributed by atoms with van der Waals surface area (Å²) in [5.74, 6) is -0.506. The van der Waals surface area contributed by atoms with E-state index in [1.807, 2.05) is 103 Å². The molecule has 0 bridgehead atoms. The van der Waals surface area contributed by atoms with Gasteiger partial charge in [0.25, 0.3) is 0 Å². The maximum Gasteiger partial charge on any atom is 0.328 e. The van der Waals surface area contributed by atoms with Crippen molar-refractivity contribution in [1.29, 1.82) is 0 Å². The molecule has 2 saturated heterocycles. The normalized spacial score (nSPS) is 21.2. The van der Waals surface area contributed by atoms with Gasteiger partial charge in [-0.2, -0.15) is 0 Å². The van der Waals surface area contributed by atoms with Crippen LogP contribution in [0.3, 0.4) is 0 Å². The minimum atomic E-state index is -0.811. The topological polar surface area (TPSA) is 130 Å². The van der Waals surface area contributed by atoms with E-state index in [2.05, 4.69) is 15.5 Å². The SMILES string of the molecule is COC(=O)[C@H](Cc1ccccc1)NC(=O)NCc1cccc(-c2ccc([C@H]3O[C@@H](CN4CCC[C@H]4CO)C[C@@H](c4ccc(CO)cc4)O3)cc2)c1. The number of carbonyl (C=O) groups is 2. The number of rotatable bonds is 13. The Hall–Kier alpha value is -4.58. The first-order valence-corrected chi connectivity index (χ1v) is 17.6. The third kappa shape index (κ3) is 9.61. The molecule has 268 valence electrons. The Morgan fingerprint density at radius 3 is 2.33 bits per heavy atom. The lowest BCUT2D eigenvalue weighted by Crippen LogP contribution is -2.47. The zero-order valence-electron chi connectivity index (χ0n) is 28.9. The lowest BCUT2D eigenvalue weighted by atomic mass is 9.99. The number of hydrogen-bond acceptors (Lipinski definition) is 8. The zero-order valence-corrected chi connectivity index (χ0v) is 28.9. The lowest BCUT2D eigenvalue weighted by Gasteiger charge is -2.38. The van der Waals surface area contributed by atoms with Gasteiger partial charge in [0.05, 0.1) is 32.5 Å². The zero-order chi connectivity index (χ0) is 35.6. The average molecular weight is 694 g/mol. The summed E-state index contributed by atoms with van der Waals surface area (Å²) in [6.07, 6.45) is 2.24. The number of methoxy groups -OCH3 is 1. The van der Waals surface area contributed by atoms with Gasteiger partial charge in [-0.15, -0.1) is 0 Å². The number of amides is 2. The number of urea groups is 1. The highest BCUT2D eigenvalue weighted by Gasteiger charge is 2.35. The molecular weight excluding hydrogens is 646 g/mol. The standard InChI is InChI=1S/C41H47N3O7/c1-49-39(47)37(22-28-7-3-2-4-8-28)43-41(48)42-24-30-9-5-10-34(21-30)31-16-18-33(19-17-31)40-50-36(25-44-20-6-11-35(44)27-46)23-38(51-40)32-14-12-29(26-45)13-15-32/h2-5,7-10,12-19,21,35-38,40,45-46H,6,11,20,22-27H2,1H3,(H2,42,43,48)/t35-,36+,37-,38-,40-/m0/s1. The monoisotopic (exact) mass is 693 g/mol. The summed E-state index contributed by atoms with van der Waals surface area (Å²) in [5.41, 5.74) is 6.62. The van der Waals surface area contributed by atoms with Crippen LogP contribution >= 0.6 is 0 Å². The number of benzene rings is 4. The molecule has 0 radical (unpaired) electrons. The van der Waals surface area contributed by atoms with Gasteiger partial charge in [0.1, 0.15) is 6.04 Å². The van der Waals surface area contributed by atoms with Gasteiger partial charge in [-0.05, 0) is 58.8 Å². The van der Waals surface area contributed by atoms with Gasteiger partial charge in [-0.3, -0.25) is 4.90 Å². The van der Waals surface area contributed by atoms with Gasteiger partial charge in [0.2, 0.25) is 0 Å². The molecule has 6 rings (SSSR count). The van der Waals surface area contributed by atoms with Gasteiger partial charge < -0.3 is 35.1 Å². The molecule has 10 nitrogen and oxygen atoms in total. The molecule has 2 fully saturated rings. The molecular formula is C41H47N3O7. The molecule has 4 aromatic carbocycles. The van der Waals surface area contributed by atoms with Crippen molar-refractivity contribution in [3.8, 4) is 11.1 Å². The van der Waals surface area contributed by atoms with Crippen molar-refractivity contribution in [1.82, 2.24) is 15.5 Å². The fraction of sp³-hybridized carbons (Fsp3) is 0.366. The summed E-state index contributed by atoms with van der Waals surface area (Å²) < 4.78 is 18.0. The number of nitrogens with zero attached hydrogens (tertiary/aromatic N) is 1. The van der Waals surface area contributed by atoms with Crippen LogP contribution in [0, 0.1) is 0 Å². The second-order valence-corrected chi connectivity index (χ2v) is 13.2. The van der Waals surface area contributed by atoms with E-state index in [9.17, 15) is 19.8 Å². The van der Waals surface area contributed by atoms with Gasteiger partial charge in [-0.25, -0.2) is 9.59 Å². The quantitative estimate of drug-likeness (QED) is 0.137. The van der Waals surface area contributed by atoms with Crippen LogP contribution in [0.1, 0.15) is 59.5 Å². The summed E-state index contributed by atoms with van der Waals surface area (Å²) in [6, 6.07) is 32.3. The smallest absolute Gasteiger partial charge is 0.328 e. The minimum absolute atomic E-state index is 0.00850. The van der Waals surface area contributed by atoms with E-state index in [1.165, 1.54) is 7.11 Å². The number of esters is 1. The number of aliphatic hydroxyl groups excluding tert-OH is 2. The summed E-state index contributed by atoms with van der Waals surface area (Å²) in [4.78, 5) is 27.5. The Labute approximate surface area is 299 Å². The van der Waals surface area contributed by atoms with Crippen LogP contribution in [0.5, 0.6) is 0 Å². The van der Waals surface area contributed by atoms with Crippen molar-refractivity contribution in [3.05, 3.63) is 131 Å². The number of ether oxygens (including phenoxy) is 3. The maximum absolute atomic E-state index is 12.8. The first-order chi connectivity index (χ1) is 24.9. The molecule has 0 aliphatic carbocycles. The average Bonchev–Trinajstić information content (AvgIpc) is 3.64. The summed E-state index contributed by atoms with van der Waals surface area (Å²) in [6.45, 7) is 2.09. The molecule has 0 aromatic heterocycles. The van der Waals surface area contributed by atoms with E-state index >= 15 is 0 Å². The summed E-state index contributed by atoms with van der Waals surface area (Å²) in [7, 11) is 1.31. The van der Waals surface area contributed by atoms with E-state index in [4.69, 9.17) is 14.2 Å². The first-order valence-electron chi connectivity index (χ1n) is 17.6. The molecule has 2 heterocycles. The third-order valence-electron chi connectivity index (χ3n) is 9.73. The number of carbonyl (C=O) groups excluding carboxylic acids is 2. The van der Waals surface area contributed by atoms with Crippen LogP contribution in [0.25, 0.3) is 11.1 Å². The Kier molecular flexibility index (Phi) is 12.5. The third-order valence-corrected chi connectivity index (χ3v) is 9.73. The van der Waals surface area contributed by atoms with Crippen molar-refractivity contribution < 1.29 is 34.0 Å². The second kappa shape index (κ2) is 17.6. The Morgan fingerprint density at radius 2 is 1.61 bits per heavy atom. The highest BCUT2D eigenvalue weighted by molar-refractivity contribution is 5.83. The molecule has 10 heteroatoms. The van der Waals surface area contributed by atoms with E-state index in [0.717, 1.165) is 64.9 Å². The fourth-order valence-electron chi connectivity index (χ4n) is 6.91. The molecule has 2 aliphatic rings. The Bertz CT molecular complexity index is 1720. The largest absolute Gasteiger partial charge is 0.467 e. The predicted octanol–water partition coefficient (Wildman–Crippen LogP) is 5.43.